The number of rotatable bonds is 2. The van der Waals surface area contributed by atoms with E-state index >= 15 is 0 Å². The van der Waals surface area contributed by atoms with Crippen molar-refractivity contribution in [1.29, 1.82) is 0 Å². The molecule has 0 aliphatic rings. The van der Waals surface area contributed by atoms with E-state index in [1.54, 1.807) is 11.7 Å². The molecule has 20 heavy (non-hydrogen) atoms. The number of carbonyl (C=O) groups excluding carboxylic acids is 1. The van der Waals surface area contributed by atoms with E-state index in [4.69, 9.17) is 0 Å². The van der Waals surface area contributed by atoms with Crippen LogP contribution in [0.25, 0.3) is 10.2 Å². The molecule has 0 aliphatic heterocycles. The lowest BCUT2D eigenvalue weighted by atomic mass is 10.3. The molecule has 2 heterocycles. The van der Waals surface area contributed by atoms with Crippen molar-refractivity contribution in [3.63, 3.8) is 0 Å². The number of fused-ring (bicyclic) bond motifs is 1. The van der Waals surface area contributed by atoms with Crippen molar-refractivity contribution in [3.8, 4) is 0 Å². The van der Waals surface area contributed by atoms with E-state index in [9.17, 15) is 4.79 Å². The first-order valence-electron chi connectivity index (χ1n) is 5.90. The SMILES string of the molecule is Cc1cn(C)nc1C(=O)Nc1nc2ccc(Br)cc2s1. The van der Waals surface area contributed by atoms with E-state index in [0.717, 1.165) is 20.3 Å². The molecule has 3 aromatic rings. The number of anilines is 1. The lowest BCUT2D eigenvalue weighted by Crippen LogP contribution is -2.13. The van der Waals surface area contributed by atoms with Gasteiger partial charge in [0.25, 0.3) is 5.91 Å². The Morgan fingerprint density at radius 1 is 1.45 bits per heavy atom. The number of aryl methyl sites for hydroxylation is 2. The van der Waals surface area contributed by atoms with Crippen LogP contribution in [0.1, 0.15) is 16.1 Å². The largest absolute Gasteiger partial charge is 0.296 e. The minimum atomic E-state index is -0.235. The molecule has 0 bridgehead atoms. The highest BCUT2D eigenvalue weighted by Crippen LogP contribution is 2.28. The van der Waals surface area contributed by atoms with E-state index in [-0.39, 0.29) is 5.91 Å². The van der Waals surface area contributed by atoms with Crippen molar-refractivity contribution in [2.45, 2.75) is 6.92 Å². The Morgan fingerprint density at radius 2 is 2.25 bits per heavy atom. The molecule has 0 unspecified atom stereocenters. The van der Waals surface area contributed by atoms with Crippen LogP contribution < -0.4 is 5.32 Å². The topological polar surface area (TPSA) is 59.8 Å². The van der Waals surface area contributed by atoms with Crippen molar-refractivity contribution in [2.24, 2.45) is 7.05 Å². The lowest BCUT2D eigenvalue weighted by Gasteiger charge is -1.98. The van der Waals surface area contributed by atoms with Gasteiger partial charge in [-0.2, -0.15) is 5.10 Å². The third-order valence-electron chi connectivity index (χ3n) is 2.80. The minimum Gasteiger partial charge on any atom is -0.296 e. The van der Waals surface area contributed by atoms with Crippen LogP contribution in [-0.2, 0) is 7.05 Å². The molecule has 0 saturated carbocycles. The van der Waals surface area contributed by atoms with E-state index in [2.05, 4.69) is 31.3 Å². The monoisotopic (exact) mass is 350 g/mol. The second-order valence-corrected chi connectivity index (χ2v) is 6.37. The summed E-state index contributed by atoms with van der Waals surface area (Å²) in [4.78, 5) is 16.5. The number of nitrogens with zero attached hydrogens (tertiary/aromatic N) is 3. The van der Waals surface area contributed by atoms with Crippen LogP contribution in [0.2, 0.25) is 0 Å². The molecule has 5 nitrogen and oxygen atoms in total. The van der Waals surface area contributed by atoms with Crippen molar-refractivity contribution < 1.29 is 4.79 Å². The zero-order valence-electron chi connectivity index (χ0n) is 10.8. The van der Waals surface area contributed by atoms with E-state index < -0.39 is 0 Å². The molecule has 1 N–H and O–H groups in total. The van der Waals surface area contributed by atoms with Gasteiger partial charge in [-0.05, 0) is 25.1 Å². The number of amides is 1. The number of aromatic nitrogens is 3. The minimum absolute atomic E-state index is 0.235. The Balaban J connectivity index is 1.89. The zero-order valence-corrected chi connectivity index (χ0v) is 13.2. The quantitative estimate of drug-likeness (QED) is 0.770. The lowest BCUT2D eigenvalue weighted by molar-refractivity contribution is 0.102. The normalized spacial score (nSPS) is 10.9. The second kappa shape index (κ2) is 4.99. The van der Waals surface area contributed by atoms with Crippen LogP contribution in [0.15, 0.2) is 28.9 Å². The van der Waals surface area contributed by atoms with Crippen molar-refractivity contribution in [1.82, 2.24) is 14.8 Å². The smallest absolute Gasteiger partial charge is 0.278 e. The maximum absolute atomic E-state index is 12.2. The van der Waals surface area contributed by atoms with Crippen molar-refractivity contribution in [2.75, 3.05) is 5.32 Å². The molecular weight excluding hydrogens is 340 g/mol. The number of nitrogens with one attached hydrogen (secondary N) is 1. The van der Waals surface area contributed by atoms with Crippen LogP contribution in [0.3, 0.4) is 0 Å². The van der Waals surface area contributed by atoms with Crippen LogP contribution in [0.4, 0.5) is 5.13 Å². The van der Waals surface area contributed by atoms with E-state index in [1.807, 2.05) is 31.3 Å². The van der Waals surface area contributed by atoms with Gasteiger partial charge in [-0.3, -0.25) is 14.8 Å². The van der Waals surface area contributed by atoms with Gasteiger partial charge in [-0.25, -0.2) is 4.98 Å². The van der Waals surface area contributed by atoms with Crippen LogP contribution in [0, 0.1) is 6.92 Å². The average Bonchev–Trinajstić information content (AvgIpc) is 2.91. The first-order valence-corrected chi connectivity index (χ1v) is 7.51. The summed E-state index contributed by atoms with van der Waals surface area (Å²) in [5.74, 6) is -0.235. The predicted octanol–water partition coefficient (Wildman–Crippen LogP) is 3.35. The Hall–Kier alpha value is -1.73. The van der Waals surface area contributed by atoms with Crippen molar-refractivity contribution in [3.05, 3.63) is 40.1 Å². The molecule has 0 saturated heterocycles. The van der Waals surface area contributed by atoms with Gasteiger partial charge in [0, 0.05) is 23.3 Å². The molecule has 0 aliphatic carbocycles. The third-order valence-corrected chi connectivity index (χ3v) is 4.22. The number of halogens is 1. The molecule has 1 aromatic carbocycles. The fourth-order valence-electron chi connectivity index (χ4n) is 1.94. The molecule has 0 atom stereocenters. The van der Waals surface area contributed by atoms with Gasteiger partial charge in [-0.15, -0.1) is 0 Å². The summed E-state index contributed by atoms with van der Waals surface area (Å²) in [7, 11) is 1.79. The third kappa shape index (κ3) is 2.46. The summed E-state index contributed by atoms with van der Waals surface area (Å²) in [5, 5.41) is 7.52. The van der Waals surface area contributed by atoms with Gasteiger partial charge in [0.2, 0.25) is 0 Å². The average molecular weight is 351 g/mol. The molecule has 7 heteroatoms. The molecule has 0 radical (unpaired) electrons. The summed E-state index contributed by atoms with van der Waals surface area (Å²) in [6.07, 6.45) is 1.81. The van der Waals surface area contributed by atoms with Gasteiger partial charge in [0.15, 0.2) is 10.8 Å². The number of benzene rings is 1. The second-order valence-electron chi connectivity index (χ2n) is 4.42. The van der Waals surface area contributed by atoms with Gasteiger partial charge in [-0.1, -0.05) is 27.3 Å². The molecule has 0 fully saturated rings. The summed E-state index contributed by atoms with van der Waals surface area (Å²) >= 11 is 4.86. The number of carbonyl (C=O) groups is 1. The fraction of sp³-hybridized carbons (Fsp3) is 0.154. The first-order chi connectivity index (χ1) is 9.52. The van der Waals surface area contributed by atoms with Gasteiger partial charge in [0.05, 0.1) is 10.2 Å². The molecular formula is C13H11BrN4OS. The highest BCUT2D eigenvalue weighted by molar-refractivity contribution is 9.10. The maximum atomic E-state index is 12.2. The molecule has 3 rings (SSSR count). The fourth-order valence-corrected chi connectivity index (χ4v) is 3.35. The predicted molar refractivity (Wildman–Crippen MR) is 83.2 cm³/mol. The Labute approximate surface area is 127 Å². The summed E-state index contributed by atoms with van der Waals surface area (Å²) in [6, 6.07) is 5.82. The van der Waals surface area contributed by atoms with E-state index in [1.165, 1.54) is 11.3 Å². The van der Waals surface area contributed by atoms with Gasteiger partial charge < -0.3 is 0 Å². The highest BCUT2D eigenvalue weighted by Gasteiger charge is 2.15. The van der Waals surface area contributed by atoms with Gasteiger partial charge >= 0.3 is 0 Å². The summed E-state index contributed by atoms with van der Waals surface area (Å²) in [6.45, 7) is 1.86. The molecule has 2 aromatic heterocycles. The van der Waals surface area contributed by atoms with Crippen LogP contribution in [-0.4, -0.2) is 20.7 Å². The molecule has 1 amide bonds. The number of hydrogen-bond acceptors (Lipinski definition) is 4. The number of thiazole rings is 1. The highest BCUT2D eigenvalue weighted by atomic mass is 79.9. The standard InChI is InChI=1S/C13H11BrN4OS/c1-7-6-18(2)17-11(7)12(19)16-13-15-9-4-3-8(14)5-10(9)20-13/h3-6H,1-2H3,(H,15,16,19). The first kappa shape index (κ1) is 13.3. The summed E-state index contributed by atoms with van der Waals surface area (Å²) < 4.78 is 3.64. The van der Waals surface area contributed by atoms with Crippen LogP contribution >= 0.6 is 27.3 Å². The van der Waals surface area contributed by atoms with Gasteiger partial charge in [0.1, 0.15) is 0 Å². The van der Waals surface area contributed by atoms with Crippen molar-refractivity contribution >= 4 is 48.5 Å². The Morgan fingerprint density at radius 3 is 2.95 bits per heavy atom. The zero-order chi connectivity index (χ0) is 14.3. The summed E-state index contributed by atoms with van der Waals surface area (Å²) in [5.41, 5.74) is 2.13. The molecule has 0 spiro atoms. The number of hydrogen-bond donors (Lipinski definition) is 1. The molecule has 102 valence electrons. The Kier molecular flexibility index (Phi) is 3.31. The Bertz CT molecular complexity index is 808. The van der Waals surface area contributed by atoms with E-state index in [0.29, 0.717) is 10.8 Å². The van der Waals surface area contributed by atoms with Crippen LogP contribution in [0.5, 0.6) is 0 Å². The maximum Gasteiger partial charge on any atom is 0.278 e.